The second-order valence-corrected chi connectivity index (χ2v) is 5.89. The molecule has 1 atom stereocenters. The van der Waals surface area contributed by atoms with Crippen LogP contribution in [0, 0.1) is 0 Å². The fourth-order valence-corrected chi connectivity index (χ4v) is 2.76. The number of fused-ring (bicyclic) bond motifs is 1. The molecule has 1 heterocycles. The quantitative estimate of drug-likeness (QED) is 0.618. The summed E-state index contributed by atoms with van der Waals surface area (Å²) in [7, 11) is 0. The van der Waals surface area contributed by atoms with Crippen LogP contribution >= 0.6 is 0 Å². The molecule has 3 heteroatoms. The molecule has 0 spiro atoms. The standard InChI is InChI=1S/C18H28O3/c1-2-3-4-5-6-7-8-9-10-16(19)15-11-12-17-18(13-15)21-14-20-17/h11-13,16,19H,2-10,14H2,1H3. The average molecular weight is 292 g/mol. The molecule has 1 aromatic rings. The molecule has 21 heavy (non-hydrogen) atoms. The van der Waals surface area contributed by atoms with Crippen molar-refractivity contribution < 1.29 is 14.6 Å². The molecule has 0 saturated heterocycles. The molecule has 1 aliphatic heterocycles. The monoisotopic (exact) mass is 292 g/mol. The van der Waals surface area contributed by atoms with E-state index >= 15 is 0 Å². The summed E-state index contributed by atoms with van der Waals surface area (Å²) in [6, 6.07) is 5.72. The molecule has 1 unspecified atom stereocenters. The van der Waals surface area contributed by atoms with Crippen LogP contribution in [0.2, 0.25) is 0 Å². The van der Waals surface area contributed by atoms with E-state index in [0.717, 1.165) is 29.9 Å². The van der Waals surface area contributed by atoms with Gasteiger partial charge in [-0.3, -0.25) is 0 Å². The first-order chi connectivity index (χ1) is 10.3. The van der Waals surface area contributed by atoms with Gasteiger partial charge >= 0.3 is 0 Å². The molecular formula is C18H28O3. The van der Waals surface area contributed by atoms with E-state index in [1.54, 1.807) is 0 Å². The van der Waals surface area contributed by atoms with E-state index in [1.165, 1.54) is 44.9 Å². The maximum Gasteiger partial charge on any atom is 0.231 e. The van der Waals surface area contributed by atoms with Crippen LogP contribution in [0.5, 0.6) is 11.5 Å². The van der Waals surface area contributed by atoms with Gasteiger partial charge in [0, 0.05) is 0 Å². The molecule has 0 saturated carbocycles. The summed E-state index contributed by atoms with van der Waals surface area (Å²) in [5, 5.41) is 10.2. The van der Waals surface area contributed by atoms with E-state index in [9.17, 15) is 5.11 Å². The third kappa shape index (κ3) is 5.24. The van der Waals surface area contributed by atoms with Crippen LogP contribution < -0.4 is 9.47 Å². The maximum atomic E-state index is 10.2. The second-order valence-electron chi connectivity index (χ2n) is 5.89. The SMILES string of the molecule is CCCCCCCCCCC(O)c1ccc2c(c1)OCO2. The number of benzene rings is 1. The Labute approximate surface area is 128 Å². The van der Waals surface area contributed by atoms with Crippen molar-refractivity contribution in [3.05, 3.63) is 23.8 Å². The first-order valence-electron chi connectivity index (χ1n) is 8.39. The zero-order chi connectivity index (χ0) is 14.9. The molecule has 1 N–H and O–H groups in total. The number of aliphatic hydroxyl groups is 1. The third-order valence-corrected chi connectivity index (χ3v) is 4.11. The highest BCUT2D eigenvalue weighted by atomic mass is 16.7. The van der Waals surface area contributed by atoms with Gasteiger partial charge in [0.15, 0.2) is 11.5 Å². The van der Waals surface area contributed by atoms with Crippen LogP contribution in [0.25, 0.3) is 0 Å². The fraction of sp³-hybridized carbons (Fsp3) is 0.667. The summed E-state index contributed by atoms with van der Waals surface area (Å²) < 4.78 is 10.6. The van der Waals surface area contributed by atoms with Crippen molar-refractivity contribution in [1.29, 1.82) is 0 Å². The second kappa shape index (κ2) is 8.93. The molecule has 1 aromatic carbocycles. The molecule has 0 radical (unpaired) electrons. The third-order valence-electron chi connectivity index (χ3n) is 4.11. The first kappa shape index (κ1) is 16.2. The Bertz CT molecular complexity index is 417. The van der Waals surface area contributed by atoms with E-state index in [0.29, 0.717) is 0 Å². The van der Waals surface area contributed by atoms with Gasteiger partial charge in [-0.25, -0.2) is 0 Å². The van der Waals surface area contributed by atoms with Gasteiger partial charge in [-0.1, -0.05) is 64.4 Å². The van der Waals surface area contributed by atoms with Crippen molar-refractivity contribution in [2.45, 2.75) is 70.8 Å². The van der Waals surface area contributed by atoms with Crippen molar-refractivity contribution in [3.63, 3.8) is 0 Å². The minimum atomic E-state index is -0.389. The van der Waals surface area contributed by atoms with Gasteiger partial charge in [0.2, 0.25) is 6.79 Å². The van der Waals surface area contributed by atoms with Crippen molar-refractivity contribution in [2.24, 2.45) is 0 Å². The summed E-state index contributed by atoms with van der Waals surface area (Å²) in [4.78, 5) is 0. The van der Waals surface area contributed by atoms with Crippen LogP contribution in [0.1, 0.15) is 76.4 Å². The lowest BCUT2D eigenvalue weighted by atomic mass is 10.0. The minimum absolute atomic E-state index is 0.285. The van der Waals surface area contributed by atoms with Gasteiger partial charge in [0.1, 0.15) is 0 Å². The zero-order valence-corrected chi connectivity index (χ0v) is 13.1. The summed E-state index contributed by atoms with van der Waals surface area (Å²) in [6.07, 6.45) is 10.8. The number of unbranched alkanes of at least 4 members (excludes halogenated alkanes) is 7. The van der Waals surface area contributed by atoms with Crippen LogP contribution in [0.3, 0.4) is 0 Å². The van der Waals surface area contributed by atoms with Gasteiger partial charge in [-0.15, -0.1) is 0 Å². The zero-order valence-electron chi connectivity index (χ0n) is 13.1. The van der Waals surface area contributed by atoms with E-state index in [1.807, 2.05) is 18.2 Å². The first-order valence-corrected chi connectivity index (χ1v) is 8.39. The Hall–Kier alpha value is -1.22. The summed E-state index contributed by atoms with van der Waals surface area (Å²) >= 11 is 0. The average Bonchev–Trinajstić information content (AvgIpc) is 2.97. The van der Waals surface area contributed by atoms with Crippen molar-refractivity contribution >= 4 is 0 Å². The molecule has 2 rings (SSSR count). The van der Waals surface area contributed by atoms with Gasteiger partial charge in [0.25, 0.3) is 0 Å². The molecule has 0 aromatic heterocycles. The Morgan fingerprint density at radius 3 is 2.38 bits per heavy atom. The highest BCUT2D eigenvalue weighted by molar-refractivity contribution is 5.45. The highest BCUT2D eigenvalue weighted by Gasteiger charge is 2.16. The highest BCUT2D eigenvalue weighted by Crippen LogP contribution is 2.35. The van der Waals surface area contributed by atoms with E-state index in [2.05, 4.69) is 6.92 Å². The normalized spacial score (nSPS) is 14.4. The fourth-order valence-electron chi connectivity index (χ4n) is 2.76. The van der Waals surface area contributed by atoms with Crippen LogP contribution in [0.4, 0.5) is 0 Å². The van der Waals surface area contributed by atoms with E-state index in [-0.39, 0.29) is 12.9 Å². The Morgan fingerprint density at radius 2 is 1.62 bits per heavy atom. The number of rotatable bonds is 10. The van der Waals surface area contributed by atoms with Crippen molar-refractivity contribution in [2.75, 3.05) is 6.79 Å². The summed E-state index contributed by atoms with van der Waals surface area (Å²) in [5.41, 5.74) is 0.933. The number of aliphatic hydroxyl groups excluding tert-OH is 1. The van der Waals surface area contributed by atoms with Crippen molar-refractivity contribution in [1.82, 2.24) is 0 Å². The largest absolute Gasteiger partial charge is 0.454 e. The molecule has 118 valence electrons. The summed E-state index contributed by atoms with van der Waals surface area (Å²) in [5.74, 6) is 1.53. The Kier molecular flexibility index (Phi) is 6.87. The Morgan fingerprint density at radius 1 is 0.952 bits per heavy atom. The minimum Gasteiger partial charge on any atom is -0.454 e. The molecule has 0 aliphatic carbocycles. The smallest absolute Gasteiger partial charge is 0.231 e. The van der Waals surface area contributed by atoms with Gasteiger partial charge in [-0.2, -0.15) is 0 Å². The van der Waals surface area contributed by atoms with E-state index in [4.69, 9.17) is 9.47 Å². The van der Waals surface area contributed by atoms with Crippen molar-refractivity contribution in [3.8, 4) is 11.5 Å². The number of hydrogen-bond acceptors (Lipinski definition) is 3. The lowest BCUT2D eigenvalue weighted by Crippen LogP contribution is -1.97. The maximum absolute atomic E-state index is 10.2. The molecule has 1 aliphatic rings. The van der Waals surface area contributed by atoms with Gasteiger partial charge < -0.3 is 14.6 Å². The molecule has 0 fully saturated rings. The van der Waals surface area contributed by atoms with Crippen LogP contribution in [-0.4, -0.2) is 11.9 Å². The lowest BCUT2D eigenvalue weighted by molar-refractivity contribution is 0.162. The predicted molar refractivity (Wildman–Crippen MR) is 84.8 cm³/mol. The topological polar surface area (TPSA) is 38.7 Å². The predicted octanol–water partition coefficient (Wildman–Crippen LogP) is 4.98. The van der Waals surface area contributed by atoms with Crippen LogP contribution in [-0.2, 0) is 0 Å². The van der Waals surface area contributed by atoms with Gasteiger partial charge in [0.05, 0.1) is 6.10 Å². The number of hydrogen-bond donors (Lipinski definition) is 1. The molecule has 3 nitrogen and oxygen atoms in total. The van der Waals surface area contributed by atoms with Crippen LogP contribution in [0.15, 0.2) is 18.2 Å². The Balaban J connectivity index is 1.60. The number of ether oxygens (including phenoxy) is 2. The molecular weight excluding hydrogens is 264 g/mol. The lowest BCUT2D eigenvalue weighted by Gasteiger charge is -2.11. The van der Waals surface area contributed by atoms with E-state index < -0.39 is 0 Å². The summed E-state index contributed by atoms with van der Waals surface area (Å²) in [6.45, 7) is 2.53. The molecule has 0 amide bonds. The molecule has 0 bridgehead atoms. The van der Waals surface area contributed by atoms with Gasteiger partial charge in [-0.05, 0) is 24.1 Å².